The summed E-state index contributed by atoms with van der Waals surface area (Å²) in [5.74, 6) is -0.570. The summed E-state index contributed by atoms with van der Waals surface area (Å²) in [4.78, 5) is 25.7. The van der Waals surface area contributed by atoms with Gasteiger partial charge in [-0.25, -0.2) is 0 Å². The lowest BCUT2D eigenvalue weighted by molar-refractivity contribution is -0.168. The van der Waals surface area contributed by atoms with Crippen LogP contribution in [-0.2, 0) is 14.3 Å². The topological polar surface area (TPSA) is 46.6 Å². The molecule has 1 atom stereocenters. The Balaban J connectivity index is 2.22. The molecule has 0 N–H and O–H groups in total. The van der Waals surface area contributed by atoms with Gasteiger partial charge in [-0.3, -0.25) is 14.5 Å². The first-order chi connectivity index (χ1) is 8.08. The van der Waals surface area contributed by atoms with Gasteiger partial charge < -0.3 is 4.74 Å². The SMILES string of the molecule is CC(C)C(c1cccs1)N1CC(=O)OC(=O)C1. The molecule has 0 saturated carbocycles. The van der Waals surface area contributed by atoms with Crippen LogP contribution in [0.15, 0.2) is 17.5 Å². The maximum absolute atomic E-state index is 11.3. The first kappa shape index (κ1) is 12.3. The van der Waals surface area contributed by atoms with Crippen molar-refractivity contribution in [2.24, 2.45) is 5.92 Å². The van der Waals surface area contributed by atoms with E-state index in [1.165, 1.54) is 4.88 Å². The van der Waals surface area contributed by atoms with Crippen molar-refractivity contribution in [3.8, 4) is 0 Å². The van der Waals surface area contributed by atoms with E-state index in [2.05, 4.69) is 18.6 Å². The van der Waals surface area contributed by atoms with Gasteiger partial charge in [0.05, 0.1) is 13.1 Å². The summed E-state index contributed by atoms with van der Waals surface area (Å²) >= 11 is 1.65. The van der Waals surface area contributed by atoms with E-state index in [0.29, 0.717) is 5.92 Å². The van der Waals surface area contributed by atoms with Crippen LogP contribution < -0.4 is 0 Å². The molecule has 0 amide bonds. The van der Waals surface area contributed by atoms with Crippen molar-refractivity contribution >= 4 is 23.3 Å². The smallest absolute Gasteiger partial charge is 0.327 e. The minimum absolute atomic E-state index is 0.104. The number of cyclic esters (lactones) is 2. The van der Waals surface area contributed by atoms with Gasteiger partial charge >= 0.3 is 11.9 Å². The first-order valence-corrected chi connectivity index (χ1v) is 6.47. The third kappa shape index (κ3) is 2.73. The third-order valence-electron chi connectivity index (χ3n) is 2.75. The monoisotopic (exact) mass is 253 g/mol. The normalized spacial score (nSPS) is 19.5. The van der Waals surface area contributed by atoms with Crippen LogP contribution >= 0.6 is 11.3 Å². The fraction of sp³-hybridized carbons (Fsp3) is 0.500. The molecule has 1 aromatic rings. The largest absolute Gasteiger partial charge is 0.391 e. The predicted octanol–water partition coefficient (Wildman–Crippen LogP) is 1.83. The first-order valence-electron chi connectivity index (χ1n) is 5.59. The second-order valence-electron chi connectivity index (χ2n) is 4.46. The van der Waals surface area contributed by atoms with Crippen LogP contribution in [0.2, 0.25) is 0 Å². The highest BCUT2D eigenvalue weighted by atomic mass is 32.1. The molecule has 0 aliphatic carbocycles. The second-order valence-corrected chi connectivity index (χ2v) is 5.43. The maximum atomic E-state index is 11.3. The second kappa shape index (κ2) is 4.98. The maximum Gasteiger partial charge on any atom is 0.327 e. The van der Waals surface area contributed by atoms with Crippen molar-refractivity contribution < 1.29 is 14.3 Å². The van der Waals surface area contributed by atoms with Crippen LogP contribution in [0.3, 0.4) is 0 Å². The summed E-state index contributed by atoms with van der Waals surface area (Å²) in [5, 5.41) is 2.01. The van der Waals surface area contributed by atoms with Gasteiger partial charge in [-0.05, 0) is 17.4 Å². The van der Waals surface area contributed by atoms with Gasteiger partial charge in [-0.1, -0.05) is 19.9 Å². The lowest BCUT2D eigenvalue weighted by atomic mass is 10.0. The number of carbonyl (C=O) groups excluding carboxylic acids is 2. The average Bonchev–Trinajstić information content (AvgIpc) is 2.68. The molecule has 17 heavy (non-hydrogen) atoms. The van der Waals surface area contributed by atoms with Gasteiger partial charge in [-0.15, -0.1) is 11.3 Å². The zero-order chi connectivity index (χ0) is 12.4. The fourth-order valence-corrected chi connectivity index (χ4v) is 3.20. The highest BCUT2D eigenvalue weighted by Gasteiger charge is 2.33. The molecule has 2 heterocycles. The molecule has 5 heteroatoms. The van der Waals surface area contributed by atoms with Crippen molar-refractivity contribution in [3.63, 3.8) is 0 Å². The molecule has 1 fully saturated rings. The predicted molar refractivity (Wildman–Crippen MR) is 64.6 cm³/mol. The average molecular weight is 253 g/mol. The molecule has 1 aliphatic rings. The Hall–Kier alpha value is -1.20. The molecule has 0 aromatic carbocycles. The third-order valence-corrected chi connectivity index (χ3v) is 3.69. The Morgan fingerprint density at radius 3 is 2.41 bits per heavy atom. The van der Waals surface area contributed by atoms with Gasteiger partial charge in [0.1, 0.15) is 0 Å². The minimum Gasteiger partial charge on any atom is -0.391 e. The number of morpholine rings is 1. The molecule has 2 rings (SSSR count). The summed E-state index contributed by atoms with van der Waals surface area (Å²) in [5.41, 5.74) is 0. The van der Waals surface area contributed by atoms with E-state index in [0.717, 1.165) is 0 Å². The molecule has 92 valence electrons. The Bertz CT molecular complexity index is 397. The van der Waals surface area contributed by atoms with E-state index in [4.69, 9.17) is 0 Å². The lowest BCUT2D eigenvalue weighted by Gasteiger charge is -2.34. The number of esters is 2. The van der Waals surface area contributed by atoms with Gasteiger partial charge in [0.25, 0.3) is 0 Å². The summed E-state index contributed by atoms with van der Waals surface area (Å²) in [6.45, 7) is 4.56. The lowest BCUT2D eigenvalue weighted by Crippen LogP contribution is -2.45. The number of hydrogen-bond donors (Lipinski definition) is 0. The van der Waals surface area contributed by atoms with E-state index in [1.54, 1.807) is 11.3 Å². The van der Waals surface area contributed by atoms with E-state index in [-0.39, 0.29) is 19.1 Å². The van der Waals surface area contributed by atoms with Crippen LogP contribution in [0.5, 0.6) is 0 Å². The molecule has 1 aromatic heterocycles. The van der Waals surface area contributed by atoms with Crippen LogP contribution in [0.25, 0.3) is 0 Å². The Morgan fingerprint density at radius 2 is 1.94 bits per heavy atom. The number of ether oxygens (including phenoxy) is 1. The van der Waals surface area contributed by atoms with Crippen LogP contribution in [0.1, 0.15) is 24.8 Å². The van der Waals surface area contributed by atoms with Gasteiger partial charge in [0.15, 0.2) is 0 Å². The summed E-state index contributed by atoms with van der Waals surface area (Å²) in [7, 11) is 0. The highest BCUT2D eigenvalue weighted by molar-refractivity contribution is 7.10. The van der Waals surface area contributed by atoms with Gasteiger partial charge in [0.2, 0.25) is 0 Å². The Kier molecular flexibility index (Phi) is 3.59. The van der Waals surface area contributed by atoms with Crippen molar-refractivity contribution in [1.82, 2.24) is 4.90 Å². The number of rotatable bonds is 3. The van der Waals surface area contributed by atoms with Crippen LogP contribution in [0, 0.1) is 5.92 Å². The molecule has 0 spiro atoms. The van der Waals surface area contributed by atoms with E-state index in [9.17, 15) is 9.59 Å². The summed E-state index contributed by atoms with van der Waals surface area (Å²) in [6, 6.07) is 4.13. The van der Waals surface area contributed by atoms with Crippen molar-refractivity contribution in [1.29, 1.82) is 0 Å². The highest BCUT2D eigenvalue weighted by Crippen LogP contribution is 2.32. The van der Waals surface area contributed by atoms with Gasteiger partial charge in [-0.2, -0.15) is 0 Å². The molecule has 4 nitrogen and oxygen atoms in total. The minimum atomic E-state index is -0.455. The zero-order valence-corrected chi connectivity index (χ0v) is 10.7. The molecule has 1 unspecified atom stereocenters. The quantitative estimate of drug-likeness (QED) is 0.609. The summed E-state index contributed by atoms with van der Waals surface area (Å²) < 4.78 is 4.55. The molecular formula is C12H15NO3S. The van der Waals surface area contributed by atoms with Gasteiger partial charge in [0, 0.05) is 10.9 Å². The van der Waals surface area contributed by atoms with E-state index >= 15 is 0 Å². The molecule has 1 saturated heterocycles. The van der Waals surface area contributed by atoms with Crippen molar-refractivity contribution in [3.05, 3.63) is 22.4 Å². The van der Waals surface area contributed by atoms with Crippen molar-refractivity contribution in [2.45, 2.75) is 19.9 Å². The molecule has 1 aliphatic heterocycles. The number of nitrogens with zero attached hydrogens (tertiary/aromatic N) is 1. The number of hydrogen-bond acceptors (Lipinski definition) is 5. The molecular weight excluding hydrogens is 238 g/mol. The van der Waals surface area contributed by atoms with Crippen LogP contribution in [0.4, 0.5) is 0 Å². The zero-order valence-electron chi connectivity index (χ0n) is 9.88. The molecule has 0 bridgehead atoms. The summed E-state index contributed by atoms with van der Waals surface area (Å²) in [6.07, 6.45) is 0. The molecule has 0 radical (unpaired) electrons. The Labute approximate surface area is 104 Å². The fourth-order valence-electron chi connectivity index (χ4n) is 2.17. The Morgan fingerprint density at radius 1 is 1.29 bits per heavy atom. The standard InChI is InChI=1S/C12H15NO3S/c1-8(2)12(9-4-3-5-17-9)13-6-10(14)16-11(15)7-13/h3-5,8,12H,6-7H2,1-2H3. The van der Waals surface area contributed by atoms with E-state index in [1.807, 2.05) is 22.4 Å². The van der Waals surface area contributed by atoms with Crippen LogP contribution in [-0.4, -0.2) is 29.9 Å². The number of carbonyl (C=O) groups is 2. The van der Waals surface area contributed by atoms with Crippen molar-refractivity contribution in [2.75, 3.05) is 13.1 Å². The number of thiophene rings is 1. The van der Waals surface area contributed by atoms with E-state index < -0.39 is 11.9 Å².